The van der Waals surface area contributed by atoms with Gasteiger partial charge in [0.15, 0.2) is 5.78 Å². The van der Waals surface area contributed by atoms with Gasteiger partial charge in [-0.2, -0.15) is 0 Å². The smallest absolute Gasteiger partial charge is 0.243 e. The van der Waals surface area contributed by atoms with E-state index in [0.717, 1.165) is 11.4 Å². The third-order valence-corrected chi connectivity index (χ3v) is 3.25. The van der Waals surface area contributed by atoms with Crippen LogP contribution in [0.5, 0.6) is 5.75 Å². The number of nitrogens with one attached hydrogen (secondary N) is 2. The highest BCUT2D eigenvalue weighted by Gasteiger charge is 2.04. The molecule has 0 atom stereocenters. The SMILES string of the molecule is CC(=O)c1ccc(NCC(=O)Nc2ccc(OC(C)C)cc2)cc1. The van der Waals surface area contributed by atoms with Crippen molar-refractivity contribution in [2.24, 2.45) is 0 Å². The van der Waals surface area contributed by atoms with Crippen LogP contribution in [0.3, 0.4) is 0 Å². The molecule has 5 heteroatoms. The first kappa shape index (κ1) is 17.5. The molecule has 0 bridgehead atoms. The number of rotatable bonds is 7. The number of anilines is 2. The van der Waals surface area contributed by atoms with E-state index < -0.39 is 0 Å². The molecule has 0 saturated carbocycles. The Bertz CT molecular complexity index is 692. The van der Waals surface area contributed by atoms with Crippen molar-refractivity contribution in [3.05, 3.63) is 54.1 Å². The van der Waals surface area contributed by atoms with Gasteiger partial charge in [-0.25, -0.2) is 0 Å². The van der Waals surface area contributed by atoms with Crippen LogP contribution in [0, 0.1) is 0 Å². The largest absolute Gasteiger partial charge is 0.491 e. The lowest BCUT2D eigenvalue weighted by Gasteiger charge is -2.11. The van der Waals surface area contributed by atoms with Crippen LogP contribution in [-0.4, -0.2) is 24.3 Å². The van der Waals surface area contributed by atoms with Gasteiger partial charge < -0.3 is 15.4 Å². The molecule has 2 aromatic carbocycles. The fraction of sp³-hybridized carbons (Fsp3) is 0.263. The van der Waals surface area contributed by atoms with Crippen LogP contribution in [0.15, 0.2) is 48.5 Å². The maximum absolute atomic E-state index is 12.0. The maximum Gasteiger partial charge on any atom is 0.243 e. The van der Waals surface area contributed by atoms with Crippen molar-refractivity contribution in [2.45, 2.75) is 26.9 Å². The Kier molecular flexibility index (Phi) is 5.95. The molecule has 0 spiro atoms. The zero-order valence-electron chi connectivity index (χ0n) is 14.1. The highest BCUT2D eigenvalue weighted by atomic mass is 16.5. The summed E-state index contributed by atoms with van der Waals surface area (Å²) < 4.78 is 5.56. The zero-order chi connectivity index (χ0) is 17.5. The van der Waals surface area contributed by atoms with Crippen LogP contribution in [0.4, 0.5) is 11.4 Å². The molecule has 0 aliphatic heterocycles. The van der Waals surface area contributed by atoms with E-state index in [1.54, 1.807) is 36.4 Å². The standard InChI is InChI=1S/C19H22N2O3/c1-13(2)24-18-10-8-17(9-11-18)21-19(23)12-20-16-6-4-15(5-7-16)14(3)22/h4-11,13,20H,12H2,1-3H3,(H,21,23). The average Bonchev–Trinajstić information content (AvgIpc) is 2.54. The number of Topliss-reactive ketones (excluding diaryl/α,β-unsaturated/α-hetero) is 1. The van der Waals surface area contributed by atoms with Crippen LogP contribution in [0.1, 0.15) is 31.1 Å². The van der Waals surface area contributed by atoms with Crippen molar-refractivity contribution < 1.29 is 14.3 Å². The van der Waals surface area contributed by atoms with E-state index in [2.05, 4.69) is 10.6 Å². The number of ether oxygens (including phenoxy) is 1. The predicted octanol–water partition coefficient (Wildman–Crippen LogP) is 3.73. The minimum Gasteiger partial charge on any atom is -0.491 e. The number of amides is 1. The van der Waals surface area contributed by atoms with Gasteiger partial charge in [0, 0.05) is 16.9 Å². The molecule has 0 unspecified atom stereocenters. The predicted molar refractivity (Wildman–Crippen MR) is 95.8 cm³/mol. The minimum absolute atomic E-state index is 0.0178. The van der Waals surface area contributed by atoms with Crippen LogP contribution >= 0.6 is 0 Å². The summed E-state index contributed by atoms with van der Waals surface area (Å²) in [5.74, 6) is 0.638. The third kappa shape index (κ3) is 5.43. The molecule has 0 saturated heterocycles. The van der Waals surface area contributed by atoms with Gasteiger partial charge >= 0.3 is 0 Å². The van der Waals surface area contributed by atoms with E-state index >= 15 is 0 Å². The molecule has 0 aromatic heterocycles. The fourth-order valence-electron chi connectivity index (χ4n) is 2.10. The van der Waals surface area contributed by atoms with Crippen molar-refractivity contribution >= 4 is 23.1 Å². The molecule has 0 aliphatic carbocycles. The Hall–Kier alpha value is -2.82. The molecule has 0 heterocycles. The Labute approximate surface area is 142 Å². The molecule has 2 N–H and O–H groups in total. The van der Waals surface area contributed by atoms with Crippen LogP contribution in [-0.2, 0) is 4.79 Å². The number of benzene rings is 2. The Morgan fingerprint density at radius 3 is 2.08 bits per heavy atom. The molecule has 5 nitrogen and oxygen atoms in total. The second-order valence-corrected chi connectivity index (χ2v) is 5.73. The highest BCUT2D eigenvalue weighted by molar-refractivity contribution is 5.95. The molecular formula is C19H22N2O3. The van der Waals surface area contributed by atoms with Crippen molar-refractivity contribution in [3.8, 4) is 5.75 Å². The topological polar surface area (TPSA) is 67.4 Å². The van der Waals surface area contributed by atoms with Gasteiger partial charge in [0.2, 0.25) is 5.91 Å². The molecule has 0 fully saturated rings. The maximum atomic E-state index is 12.0. The normalized spacial score (nSPS) is 10.3. The monoisotopic (exact) mass is 326 g/mol. The molecule has 24 heavy (non-hydrogen) atoms. The lowest BCUT2D eigenvalue weighted by molar-refractivity contribution is -0.114. The van der Waals surface area contributed by atoms with Crippen molar-refractivity contribution in [1.29, 1.82) is 0 Å². The summed E-state index contributed by atoms with van der Waals surface area (Å²) in [4.78, 5) is 23.2. The summed E-state index contributed by atoms with van der Waals surface area (Å²) >= 11 is 0. The molecule has 0 aliphatic rings. The summed E-state index contributed by atoms with van der Waals surface area (Å²) in [5, 5.41) is 5.83. The quantitative estimate of drug-likeness (QED) is 0.761. The first-order valence-corrected chi connectivity index (χ1v) is 7.85. The lowest BCUT2D eigenvalue weighted by atomic mass is 10.1. The van der Waals surface area contributed by atoms with Crippen molar-refractivity contribution in [1.82, 2.24) is 0 Å². The number of hydrogen-bond donors (Lipinski definition) is 2. The molecular weight excluding hydrogens is 304 g/mol. The fourth-order valence-corrected chi connectivity index (χ4v) is 2.10. The molecule has 2 aromatic rings. The van der Waals surface area contributed by atoms with E-state index in [1.807, 2.05) is 26.0 Å². The average molecular weight is 326 g/mol. The number of carbonyl (C=O) groups excluding carboxylic acids is 2. The van der Waals surface area contributed by atoms with Crippen LogP contribution in [0.2, 0.25) is 0 Å². The Morgan fingerprint density at radius 2 is 1.54 bits per heavy atom. The van der Waals surface area contributed by atoms with E-state index in [-0.39, 0.29) is 24.3 Å². The molecule has 2 rings (SSSR count). The second-order valence-electron chi connectivity index (χ2n) is 5.73. The van der Waals surface area contributed by atoms with Gasteiger partial charge in [-0.3, -0.25) is 9.59 Å². The molecule has 1 amide bonds. The van der Waals surface area contributed by atoms with E-state index in [1.165, 1.54) is 6.92 Å². The molecule has 0 radical (unpaired) electrons. The summed E-state index contributed by atoms with van der Waals surface area (Å²) in [6.07, 6.45) is 0.115. The van der Waals surface area contributed by atoms with Gasteiger partial charge in [-0.05, 0) is 69.3 Å². The first-order chi connectivity index (χ1) is 11.4. The Balaban J connectivity index is 1.83. The van der Waals surface area contributed by atoms with Gasteiger partial charge in [-0.1, -0.05) is 0 Å². The zero-order valence-corrected chi connectivity index (χ0v) is 14.1. The van der Waals surface area contributed by atoms with Gasteiger partial charge in [-0.15, -0.1) is 0 Å². The van der Waals surface area contributed by atoms with Crippen LogP contribution < -0.4 is 15.4 Å². The third-order valence-electron chi connectivity index (χ3n) is 3.25. The highest BCUT2D eigenvalue weighted by Crippen LogP contribution is 2.17. The Morgan fingerprint density at radius 1 is 0.958 bits per heavy atom. The minimum atomic E-state index is -0.150. The van der Waals surface area contributed by atoms with Crippen molar-refractivity contribution in [3.63, 3.8) is 0 Å². The molecule has 126 valence electrons. The summed E-state index contributed by atoms with van der Waals surface area (Å²) in [5.41, 5.74) is 2.15. The van der Waals surface area contributed by atoms with E-state index in [9.17, 15) is 9.59 Å². The number of hydrogen-bond acceptors (Lipinski definition) is 4. The van der Waals surface area contributed by atoms with E-state index in [0.29, 0.717) is 11.3 Å². The van der Waals surface area contributed by atoms with Gasteiger partial charge in [0.1, 0.15) is 5.75 Å². The first-order valence-electron chi connectivity index (χ1n) is 7.85. The van der Waals surface area contributed by atoms with E-state index in [4.69, 9.17) is 4.74 Å². The summed E-state index contributed by atoms with van der Waals surface area (Å²) in [6.45, 7) is 5.59. The van der Waals surface area contributed by atoms with Gasteiger partial charge in [0.25, 0.3) is 0 Å². The lowest BCUT2D eigenvalue weighted by Crippen LogP contribution is -2.21. The second kappa shape index (κ2) is 8.15. The van der Waals surface area contributed by atoms with Crippen LogP contribution in [0.25, 0.3) is 0 Å². The van der Waals surface area contributed by atoms with Gasteiger partial charge in [0.05, 0.1) is 12.6 Å². The number of carbonyl (C=O) groups is 2. The van der Waals surface area contributed by atoms with Crippen molar-refractivity contribution in [2.75, 3.05) is 17.2 Å². The summed E-state index contributed by atoms with van der Waals surface area (Å²) in [6, 6.07) is 14.3. The number of ketones is 1. The summed E-state index contributed by atoms with van der Waals surface area (Å²) in [7, 11) is 0.